The van der Waals surface area contributed by atoms with Gasteiger partial charge in [0.15, 0.2) is 0 Å². The van der Waals surface area contributed by atoms with Gasteiger partial charge in [0.2, 0.25) is 0 Å². The van der Waals surface area contributed by atoms with Crippen molar-refractivity contribution < 1.29 is 9.53 Å². The maximum absolute atomic E-state index is 12.1. The maximum Gasteiger partial charge on any atom is 0.338 e. The second kappa shape index (κ2) is 5.74. The molecule has 1 heterocycles. The normalized spacial score (nSPS) is 30.4. The molecule has 0 bridgehead atoms. The van der Waals surface area contributed by atoms with Crippen LogP contribution in [0.15, 0.2) is 30.3 Å². The molecular formula is C16H21NO2. The minimum atomic E-state index is -0.170. The van der Waals surface area contributed by atoms with Crippen LogP contribution in [0, 0.1) is 5.92 Å². The Labute approximate surface area is 114 Å². The number of carbonyl (C=O) groups is 1. The van der Waals surface area contributed by atoms with Crippen molar-refractivity contribution in [3.8, 4) is 0 Å². The van der Waals surface area contributed by atoms with Crippen molar-refractivity contribution >= 4 is 5.97 Å². The summed E-state index contributed by atoms with van der Waals surface area (Å²) in [6, 6.07) is 9.86. The molecule has 2 fully saturated rings. The molecule has 1 aliphatic heterocycles. The summed E-state index contributed by atoms with van der Waals surface area (Å²) in [5, 5.41) is 3.57. The number of ether oxygens (including phenoxy) is 1. The Hall–Kier alpha value is -1.35. The Kier molecular flexibility index (Phi) is 3.83. The molecule has 0 aromatic heterocycles. The molecular weight excluding hydrogens is 238 g/mol. The first-order valence-corrected chi connectivity index (χ1v) is 7.34. The van der Waals surface area contributed by atoms with Gasteiger partial charge >= 0.3 is 5.97 Å². The number of hydrogen-bond donors (Lipinski definition) is 1. The lowest BCUT2D eigenvalue weighted by Gasteiger charge is -2.41. The molecule has 1 aliphatic carbocycles. The van der Waals surface area contributed by atoms with Crippen LogP contribution in [-0.2, 0) is 4.74 Å². The van der Waals surface area contributed by atoms with Gasteiger partial charge in [0.25, 0.3) is 0 Å². The van der Waals surface area contributed by atoms with Crippen molar-refractivity contribution in [1.29, 1.82) is 0 Å². The fraction of sp³-hybridized carbons (Fsp3) is 0.562. The smallest absolute Gasteiger partial charge is 0.338 e. The average molecular weight is 259 g/mol. The minimum Gasteiger partial charge on any atom is -0.458 e. The van der Waals surface area contributed by atoms with E-state index in [0.29, 0.717) is 17.5 Å². The molecule has 3 rings (SSSR count). The van der Waals surface area contributed by atoms with Gasteiger partial charge in [-0.2, -0.15) is 0 Å². The van der Waals surface area contributed by atoms with Gasteiger partial charge in [0.05, 0.1) is 5.56 Å². The molecule has 102 valence electrons. The number of esters is 1. The van der Waals surface area contributed by atoms with E-state index < -0.39 is 0 Å². The van der Waals surface area contributed by atoms with Crippen LogP contribution >= 0.6 is 0 Å². The first-order chi connectivity index (χ1) is 9.34. The van der Waals surface area contributed by atoms with Gasteiger partial charge in [0.1, 0.15) is 6.10 Å². The van der Waals surface area contributed by atoms with Gasteiger partial charge < -0.3 is 10.1 Å². The second-order valence-corrected chi connectivity index (χ2v) is 5.61. The Balaban J connectivity index is 1.66. The highest BCUT2D eigenvalue weighted by atomic mass is 16.5. The Bertz CT molecular complexity index is 430. The third-order valence-electron chi connectivity index (χ3n) is 4.40. The minimum absolute atomic E-state index is 0.0965. The molecule has 3 nitrogen and oxygen atoms in total. The Morgan fingerprint density at radius 3 is 2.74 bits per heavy atom. The van der Waals surface area contributed by atoms with E-state index >= 15 is 0 Å². The predicted molar refractivity (Wildman–Crippen MR) is 74.0 cm³/mol. The molecule has 1 saturated carbocycles. The van der Waals surface area contributed by atoms with Gasteiger partial charge in [-0.3, -0.25) is 0 Å². The van der Waals surface area contributed by atoms with E-state index in [9.17, 15) is 4.79 Å². The highest BCUT2D eigenvalue weighted by Crippen LogP contribution is 2.32. The summed E-state index contributed by atoms with van der Waals surface area (Å²) in [5.74, 6) is 0.340. The van der Waals surface area contributed by atoms with Gasteiger partial charge in [-0.1, -0.05) is 31.0 Å². The van der Waals surface area contributed by atoms with Crippen molar-refractivity contribution in [2.24, 2.45) is 5.92 Å². The molecule has 2 aliphatic rings. The Morgan fingerprint density at radius 1 is 1.11 bits per heavy atom. The number of carbonyl (C=O) groups excluding carboxylic acids is 1. The zero-order chi connectivity index (χ0) is 13.1. The van der Waals surface area contributed by atoms with Crippen molar-refractivity contribution in [3.63, 3.8) is 0 Å². The van der Waals surface area contributed by atoms with Crippen LogP contribution < -0.4 is 5.32 Å². The van der Waals surface area contributed by atoms with Crippen LogP contribution in [0.4, 0.5) is 0 Å². The number of benzene rings is 1. The van der Waals surface area contributed by atoms with Crippen molar-refractivity contribution in [1.82, 2.24) is 5.32 Å². The largest absolute Gasteiger partial charge is 0.458 e. The molecule has 1 N–H and O–H groups in total. The zero-order valence-corrected chi connectivity index (χ0v) is 11.2. The van der Waals surface area contributed by atoms with E-state index in [4.69, 9.17) is 4.74 Å². The summed E-state index contributed by atoms with van der Waals surface area (Å²) < 4.78 is 5.77. The second-order valence-electron chi connectivity index (χ2n) is 5.61. The van der Waals surface area contributed by atoms with Crippen LogP contribution in [0.2, 0.25) is 0 Å². The van der Waals surface area contributed by atoms with Gasteiger partial charge in [0, 0.05) is 12.0 Å². The van der Waals surface area contributed by atoms with Gasteiger partial charge in [-0.25, -0.2) is 4.79 Å². The van der Waals surface area contributed by atoms with Crippen molar-refractivity contribution in [2.45, 2.75) is 44.2 Å². The summed E-state index contributed by atoms with van der Waals surface area (Å²) in [6.45, 7) is 0.966. The molecule has 3 heteroatoms. The van der Waals surface area contributed by atoms with E-state index in [0.717, 1.165) is 13.0 Å². The lowest BCUT2D eigenvalue weighted by molar-refractivity contribution is -0.0135. The quantitative estimate of drug-likeness (QED) is 0.830. The molecule has 1 aromatic rings. The van der Waals surface area contributed by atoms with E-state index in [-0.39, 0.29) is 12.1 Å². The molecule has 0 unspecified atom stereocenters. The third-order valence-corrected chi connectivity index (χ3v) is 4.40. The van der Waals surface area contributed by atoms with Crippen molar-refractivity contribution in [3.05, 3.63) is 35.9 Å². The third kappa shape index (κ3) is 2.81. The zero-order valence-electron chi connectivity index (χ0n) is 11.2. The molecule has 0 amide bonds. The van der Waals surface area contributed by atoms with E-state index in [1.54, 1.807) is 0 Å². The SMILES string of the molecule is O=C(O[C@H]1CCN[C@H]2CCCC[C@@H]21)c1ccccc1. The average Bonchev–Trinajstić information content (AvgIpc) is 2.48. The van der Waals surface area contributed by atoms with Gasteiger partial charge in [-0.05, 0) is 37.9 Å². The fourth-order valence-corrected chi connectivity index (χ4v) is 3.41. The first-order valence-electron chi connectivity index (χ1n) is 7.34. The maximum atomic E-state index is 12.1. The summed E-state index contributed by atoms with van der Waals surface area (Å²) in [7, 11) is 0. The number of nitrogens with one attached hydrogen (secondary N) is 1. The fourth-order valence-electron chi connectivity index (χ4n) is 3.41. The predicted octanol–water partition coefficient (Wildman–Crippen LogP) is 2.76. The highest BCUT2D eigenvalue weighted by molar-refractivity contribution is 5.89. The van der Waals surface area contributed by atoms with Crippen LogP contribution in [0.25, 0.3) is 0 Å². The standard InChI is InChI=1S/C16H21NO2/c18-16(12-6-2-1-3-7-12)19-15-10-11-17-14-9-5-4-8-13(14)15/h1-3,6-7,13-15,17H,4-5,8-11H2/t13-,14-,15-/m0/s1. The number of piperidine rings is 1. The summed E-state index contributed by atoms with van der Waals surface area (Å²) in [5.41, 5.74) is 0.661. The van der Waals surface area contributed by atoms with Crippen LogP contribution in [-0.4, -0.2) is 24.7 Å². The van der Waals surface area contributed by atoms with Crippen molar-refractivity contribution in [2.75, 3.05) is 6.54 Å². The van der Waals surface area contributed by atoms with Crippen LogP contribution in [0.5, 0.6) is 0 Å². The molecule has 0 radical (unpaired) electrons. The van der Waals surface area contributed by atoms with E-state index in [1.165, 1.54) is 25.7 Å². The molecule has 1 aromatic carbocycles. The lowest BCUT2D eigenvalue weighted by Crippen LogP contribution is -2.51. The monoisotopic (exact) mass is 259 g/mol. The number of rotatable bonds is 2. The summed E-state index contributed by atoms with van der Waals surface area (Å²) in [4.78, 5) is 12.1. The molecule has 0 spiro atoms. The molecule has 1 saturated heterocycles. The lowest BCUT2D eigenvalue weighted by atomic mass is 9.77. The van der Waals surface area contributed by atoms with E-state index in [1.807, 2.05) is 30.3 Å². The molecule has 19 heavy (non-hydrogen) atoms. The summed E-state index contributed by atoms with van der Waals surface area (Å²) in [6.07, 6.45) is 6.02. The van der Waals surface area contributed by atoms with Crippen LogP contribution in [0.3, 0.4) is 0 Å². The Morgan fingerprint density at radius 2 is 1.89 bits per heavy atom. The number of fused-ring (bicyclic) bond motifs is 1. The van der Waals surface area contributed by atoms with E-state index in [2.05, 4.69) is 5.32 Å². The first kappa shape index (κ1) is 12.7. The molecule has 3 atom stereocenters. The highest BCUT2D eigenvalue weighted by Gasteiger charge is 2.36. The topological polar surface area (TPSA) is 38.3 Å². The van der Waals surface area contributed by atoms with Gasteiger partial charge in [-0.15, -0.1) is 0 Å². The summed E-state index contributed by atoms with van der Waals surface area (Å²) >= 11 is 0. The number of hydrogen-bond acceptors (Lipinski definition) is 3. The van der Waals surface area contributed by atoms with Crippen LogP contribution in [0.1, 0.15) is 42.5 Å².